The SMILES string of the molecule is CCC1CCC2CC(CCC(=O)C3CCC3)CCC1(CC)C2. The van der Waals surface area contributed by atoms with Crippen molar-refractivity contribution in [3.63, 3.8) is 0 Å². The molecule has 4 atom stereocenters. The van der Waals surface area contributed by atoms with Gasteiger partial charge in [-0.2, -0.15) is 0 Å². The van der Waals surface area contributed by atoms with Gasteiger partial charge >= 0.3 is 0 Å². The van der Waals surface area contributed by atoms with Gasteiger partial charge in [-0.25, -0.2) is 0 Å². The van der Waals surface area contributed by atoms with Crippen molar-refractivity contribution in [1.29, 1.82) is 0 Å². The minimum atomic E-state index is 0.455. The topological polar surface area (TPSA) is 17.1 Å². The highest BCUT2D eigenvalue weighted by Gasteiger charge is 2.44. The summed E-state index contributed by atoms with van der Waals surface area (Å²) in [6.07, 6.45) is 17.2. The summed E-state index contributed by atoms with van der Waals surface area (Å²) in [4.78, 5) is 12.2. The van der Waals surface area contributed by atoms with Gasteiger partial charge in [0.2, 0.25) is 0 Å². The van der Waals surface area contributed by atoms with Gasteiger partial charge in [-0.15, -0.1) is 0 Å². The van der Waals surface area contributed by atoms with Gasteiger partial charge in [0.25, 0.3) is 0 Å². The van der Waals surface area contributed by atoms with Crippen LogP contribution in [-0.4, -0.2) is 5.78 Å². The molecule has 0 N–H and O–H groups in total. The third kappa shape index (κ3) is 3.29. The molecule has 3 rings (SSSR count). The number of ketones is 1. The Morgan fingerprint density at radius 2 is 1.91 bits per heavy atom. The minimum Gasteiger partial charge on any atom is -0.299 e. The van der Waals surface area contributed by atoms with E-state index in [9.17, 15) is 4.79 Å². The van der Waals surface area contributed by atoms with Crippen molar-refractivity contribution in [3.8, 4) is 0 Å². The molecule has 0 aromatic heterocycles. The van der Waals surface area contributed by atoms with Crippen LogP contribution in [0, 0.1) is 29.1 Å². The fraction of sp³-hybridized carbons (Fsp3) is 0.952. The van der Waals surface area contributed by atoms with E-state index in [1.807, 2.05) is 0 Å². The number of hydrogen-bond acceptors (Lipinski definition) is 1. The van der Waals surface area contributed by atoms with Crippen molar-refractivity contribution in [3.05, 3.63) is 0 Å². The van der Waals surface area contributed by atoms with E-state index >= 15 is 0 Å². The van der Waals surface area contributed by atoms with Crippen LogP contribution in [-0.2, 0) is 4.79 Å². The Kier molecular flexibility index (Phi) is 5.30. The number of rotatable bonds is 6. The zero-order chi connectivity index (χ0) is 15.6. The fourth-order valence-electron chi connectivity index (χ4n) is 5.96. The Morgan fingerprint density at radius 3 is 2.55 bits per heavy atom. The molecule has 0 radical (unpaired) electrons. The van der Waals surface area contributed by atoms with E-state index in [4.69, 9.17) is 0 Å². The average Bonchev–Trinajstić information content (AvgIpc) is 2.61. The molecule has 0 amide bonds. The van der Waals surface area contributed by atoms with E-state index in [0.717, 1.165) is 24.2 Å². The molecule has 1 nitrogen and oxygen atoms in total. The molecule has 2 bridgehead atoms. The van der Waals surface area contributed by atoms with Crippen LogP contribution in [0.15, 0.2) is 0 Å². The molecule has 3 aliphatic rings. The quantitative estimate of drug-likeness (QED) is 0.574. The summed E-state index contributed by atoms with van der Waals surface area (Å²) in [5.41, 5.74) is 0.657. The second-order valence-electron chi connectivity index (χ2n) is 8.74. The van der Waals surface area contributed by atoms with Crippen LogP contribution in [0.1, 0.15) is 97.3 Å². The Balaban J connectivity index is 1.56. The summed E-state index contributed by atoms with van der Waals surface area (Å²) in [6, 6.07) is 0. The van der Waals surface area contributed by atoms with Crippen LogP contribution < -0.4 is 0 Å². The molecule has 0 saturated heterocycles. The first-order valence-electron chi connectivity index (χ1n) is 10.2. The monoisotopic (exact) mass is 304 g/mol. The maximum absolute atomic E-state index is 12.2. The largest absolute Gasteiger partial charge is 0.299 e. The molecule has 0 aliphatic heterocycles. The normalized spacial score (nSPS) is 39.1. The Morgan fingerprint density at radius 1 is 1.09 bits per heavy atom. The molecule has 0 aromatic rings. The van der Waals surface area contributed by atoms with Crippen molar-refractivity contribution in [2.45, 2.75) is 97.3 Å². The van der Waals surface area contributed by atoms with Gasteiger partial charge in [0, 0.05) is 12.3 Å². The Labute approximate surface area is 137 Å². The summed E-state index contributed by atoms with van der Waals surface area (Å²) < 4.78 is 0. The lowest BCUT2D eigenvalue weighted by atomic mass is 9.60. The Bertz CT molecular complexity index is 383. The summed E-state index contributed by atoms with van der Waals surface area (Å²) in [5.74, 6) is 3.84. The first-order valence-corrected chi connectivity index (χ1v) is 10.2. The molecular weight excluding hydrogens is 268 g/mol. The molecule has 4 unspecified atom stereocenters. The number of carbonyl (C=O) groups excluding carboxylic acids is 1. The van der Waals surface area contributed by atoms with Gasteiger partial charge < -0.3 is 0 Å². The second kappa shape index (κ2) is 7.05. The molecule has 0 heterocycles. The predicted molar refractivity (Wildman–Crippen MR) is 92.8 cm³/mol. The van der Waals surface area contributed by atoms with E-state index in [1.54, 1.807) is 0 Å². The third-order valence-corrected chi connectivity index (χ3v) is 7.76. The number of Topliss-reactive ketones (excluding diaryl/α,β-unsaturated/α-hetero) is 1. The van der Waals surface area contributed by atoms with E-state index in [-0.39, 0.29) is 0 Å². The summed E-state index contributed by atoms with van der Waals surface area (Å²) in [5, 5.41) is 0. The summed E-state index contributed by atoms with van der Waals surface area (Å²) in [6.45, 7) is 4.84. The summed E-state index contributed by atoms with van der Waals surface area (Å²) in [7, 11) is 0. The molecule has 3 aliphatic carbocycles. The van der Waals surface area contributed by atoms with Gasteiger partial charge in [-0.1, -0.05) is 39.5 Å². The molecule has 3 fully saturated rings. The van der Waals surface area contributed by atoms with E-state index in [1.165, 1.54) is 77.0 Å². The van der Waals surface area contributed by atoms with Gasteiger partial charge in [-0.05, 0) is 74.5 Å². The lowest BCUT2D eigenvalue weighted by Crippen LogP contribution is -2.35. The number of carbonyl (C=O) groups is 1. The minimum absolute atomic E-state index is 0.455. The Hall–Kier alpha value is -0.330. The van der Waals surface area contributed by atoms with Crippen LogP contribution in [0.25, 0.3) is 0 Å². The lowest BCUT2D eigenvalue weighted by molar-refractivity contribution is -0.125. The van der Waals surface area contributed by atoms with Crippen molar-refractivity contribution in [2.24, 2.45) is 29.1 Å². The maximum atomic E-state index is 12.2. The van der Waals surface area contributed by atoms with Gasteiger partial charge in [0.15, 0.2) is 0 Å². The summed E-state index contributed by atoms with van der Waals surface area (Å²) >= 11 is 0. The van der Waals surface area contributed by atoms with Crippen LogP contribution in [0.2, 0.25) is 0 Å². The van der Waals surface area contributed by atoms with Crippen LogP contribution in [0.5, 0.6) is 0 Å². The number of fused-ring (bicyclic) bond motifs is 2. The van der Waals surface area contributed by atoms with E-state index < -0.39 is 0 Å². The highest BCUT2D eigenvalue weighted by atomic mass is 16.1. The molecule has 3 saturated carbocycles. The van der Waals surface area contributed by atoms with Gasteiger partial charge in [0.05, 0.1) is 0 Å². The highest BCUT2D eigenvalue weighted by Crippen LogP contribution is 2.55. The van der Waals surface area contributed by atoms with Gasteiger partial charge in [-0.3, -0.25) is 4.79 Å². The number of hydrogen-bond donors (Lipinski definition) is 0. The predicted octanol–water partition coefficient (Wildman–Crippen LogP) is 6.16. The first-order chi connectivity index (χ1) is 10.7. The van der Waals surface area contributed by atoms with Crippen LogP contribution >= 0.6 is 0 Å². The molecule has 1 heteroatoms. The highest BCUT2D eigenvalue weighted by molar-refractivity contribution is 5.81. The molecular formula is C21H36O. The molecule has 22 heavy (non-hydrogen) atoms. The second-order valence-corrected chi connectivity index (χ2v) is 8.74. The molecule has 126 valence electrons. The van der Waals surface area contributed by atoms with Crippen molar-refractivity contribution < 1.29 is 4.79 Å². The van der Waals surface area contributed by atoms with Gasteiger partial charge in [0.1, 0.15) is 5.78 Å². The zero-order valence-electron chi connectivity index (χ0n) is 14.9. The lowest BCUT2D eigenvalue weighted by Gasteiger charge is -2.45. The van der Waals surface area contributed by atoms with Crippen LogP contribution in [0.4, 0.5) is 0 Å². The first kappa shape index (κ1) is 16.5. The van der Waals surface area contributed by atoms with Crippen molar-refractivity contribution >= 4 is 5.78 Å². The molecule has 0 aromatic carbocycles. The van der Waals surface area contributed by atoms with E-state index in [0.29, 0.717) is 17.1 Å². The standard InChI is InChI=1S/C21H36O/c1-3-19-10-8-17-14-16(12-13-21(19,4-2)15-17)9-11-20(22)18-6-5-7-18/h16-19H,3-15H2,1-2H3. The van der Waals surface area contributed by atoms with Crippen molar-refractivity contribution in [1.82, 2.24) is 0 Å². The van der Waals surface area contributed by atoms with E-state index in [2.05, 4.69) is 13.8 Å². The average molecular weight is 305 g/mol. The molecule has 0 spiro atoms. The van der Waals surface area contributed by atoms with Crippen molar-refractivity contribution in [2.75, 3.05) is 0 Å². The maximum Gasteiger partial charge on any atom is 0.135 e. The van der Waals surface area contributed by atoms with Crippen LogP contribution in [0.3, 0.4) is 0 Å². The zero-order valence-corrected chi connectivity index (χ0v) is 14.9. The smallest absolute Gasteiger partial charge is 0.135 e. The fourth-order valence-corrected chi connectivity index (χ4v) is 5.96. The third-order valence-electron chi connectivity index (χ3n) is 7.76.